The first kappa shape index (κ1) is 14.2. The third-order valence-corrected chi connectivity index (χ3v) is 3.12. The third kappa shape index (κ3) is 4.88. The molecule has 3 heteroatoms. The average molecular weight is 254 g/mol. The first-order valence-electron chi connectivity index (χ1n) is 6.06. The van der Waals surface area contributed by atoms with Crippen molar-refractivity contribution in [3.05, 3.63) is 34.9 Å². The topological polar surface area (TPSA) is 43.1 Å². The van der Waals surface area contributed by atoms with Crippen molar-refractivity contribution < 1.29 is 4.79 Å². The van der Waals surface area contributed by atoms with Gasteiger partial charge in [-0.15, -0.1) is 0 Å². The zero-order valence-electron chi connectivity index (χ0n) is 10.4. The van der Waals surface area contributed by atoms with Crippen LogP contribution in [0.3, 0.4) is 0 Å². The summed E-state index contributed by atoms with van der Waals surface area (Å²) in [6, 6.07) is 7.29. The zero-order valence-corrected chi connectivity index (χ0v) is 11.2. The van der Waals surface area contributed by atoms with Crippen LogP contribution in [-0.4, -0.2) is 11.8 Å². The van der Waals surface area contributed by atoms with Crippen LogP contribution in [0.5, 0.6) is 0 Å². The van der Waals surface area contributed by atoms with Crippen LogP contribution >= 0.6 is 11.6 Å². The number of carbonyl (C=O) groups is 1. The SMILES string of the molecule is CC(N)CCCC(C)C(=O)c1ccc(Cl)cc1. The lowest BCUT2D eigenvalue weighted by atomic mass is 9.94. The minimum atomic E-state index is 0.0509. The quantitative estimate of drug-likeness (QED) is 0.786. The lowest BCUT2D eigenvalue weighted by Gasteiger charge is -2.11. The Bertz CT molecular complexity index is 359. The molecule has 0 spiro atoms. The van der Waals surface area contributed by atoms with Crippen molar-refractivity contribution in [2.75, 3.05) is 0 Å². The second-order valence-electron chi connectivity index (χ2n) is 4.68. The van der Waals surface area contributed by atoms with Crippen molar-refractivity contribution >= 4 is 17.4 Å². The fourth-order valence-electron chi connectivity index (χ4n) is 1.78. The summed E-state index contributed by atoms with van der Waals surface area (Å²) in [6.07, 6.45) is 2.86. The van der Waals surface area contributed by atoms with Crippen molar-refractivity contribution in [2.45, 2.75) is 39.2 Å². The van der Waals surface area contributed by atoms with E-state index in [0.717, 1.165) is 24.8 Å². The number of rotatable bonds is 6. The van der Waals surface area contributed by atoms with Crippen molar-refractivity contribution in [1.29, 1.82) is 0 Å². The Kier molecular flexibility index (Phi) is 5.66. The van der Waals surface area contributed by atoms with Gasteiger partial charge in [-0.25, -0.2) is 0 Å². The number of Topliss-reactive ketones (excluding diaryl/α,β-unsaturated/α-hetero) is 1. The summed E-state index contributed by atoms with van der Waals surface area (Å²) in [5, 5.41) is 0.658. The van der Waals surface area contributed by atoms with E-state index in [2.05, 4.69) is 0 Å². The van der Waals surface area contributed by atoms with Crippen molar-refractivity contribution in [2.24, 2.45) is 11.7 Å². The van der Waals surface area contributed by atoms with Crippen molar-refractivity contribution in [1.82, 2.24) is 0 Å². The Balaban J connectivity index is 2.49. The maximum atomic E-state index is 12.1. The maximum Gasteiger partial charge on any atom is 0.165 e. The van der Waals surface area contributed by atoms with Gasteiger partial charge in [0.05, 0.1) is 0 Å². The molecule has 2 nitrogen and oxygen atoms in total. The van der Waals surface area contributed by atoms with E-state index in [1.165, 1.54) is 0 Å². The van der Waals surface area contributed by atoms with Gasteiger partial charge in [-0.05, 0) is 44.0 Å². The Morgan fingerprint density at radius 2 is 1.82 bits per heavy atom. The molecule has 1 aromatic rings. The molecule has 0 heterocycles. The Morgan fingerprint density at radius 3 is 2.35 bits per heavy atom. The van der Waals surface area contributed by atoms with Crippen molar-refractivity contribution in [3.63, 3.8) is 0 Å². The highest BCUT2D eigenvalue weighted by Crippen LogP contribution is 2.17. The van der Waals surface area contributed by atoms with Gasteiger partial charge < -0.3 is 5.73 Å². The summed E-state index contributed by atoms with van der Waals surface area (Å²) in [4.78, 5) is 12.1. The number of carbonyl (C=O) groups excluding carboxylic acids is 1. The van der Waals surface area contributed by atoms with Gasteiger partial charge in [-0.2, -0.15) is 0 Å². The Hall–Kier alpha value is -0.860. The van der Waals surface area contributed by atoms with Crippen LogP contribution in [0, 0.1) is 5.92 Å². The highest BCUT2D eigenvalue weighted by molar-refractivity contribution is 6.30. The molecule has 0 radical (unpaired) electrons. The summed E-state index contributed by atoms with van der Waals surface area (Å²) >= 11 is 5.79. The van der Waals surface area contributed by atoms with Gasteiger partial charge in [0.15, 0.2) is 5.78 Å². The van der Waals surface area contributed by atoms with Crippen LogP contribution in [0.4, 0.5) is 0 Å². The summed E-state index contributed by atoms with van der Waals surface area (Å²) in [6.45, 7) is 3.96. The molecule has 0 saturated carbocycles. The van der Waals surface area contributed by atoms with Gasteiger partial charge in [0, 0.05) is 22.5 Å². The first-order valence-corrected chi connectivity index (χ1v) is 6.44. The summed E-state index contributed by atoms with van der Waals surface area (Å²) in [5.41, 5.74) is 6.42. The van der Waals surface area contributed by atoms with Crippen LogP contribution in [-0.2, 0) is 0 Å². The zero-order chi connectivity index (χ0) is 12.8. The number of hydrogen-bond acceptors (Lipinski definition) is 2. The van der Waals surface area contributed by atoms with Crippen LogP contribution in [0.1, 0.15) is 43.5 Å². The van der Waals surface area contributed by atoms with E-state index in [-0.39, 0.29) is 17.7 Å². The molecule has 2 atom stereocenters. The van der Waals surface area contributed by atoms with Crippen LogP contribution < -0.4 is 5.73 Å². The molecule has 1 rings (SSSR count). The van der Waals surface area contributed by atoms with Gasteiger partial charge >= 0.3 is 0 Å². The molecule has 2 N–H and O–H groups in total. The van der Waals surface area contributed by atoms with Gasteiger partial charge in [-0.1, -0.05) is 24.9 Å². The normalized spacial score (nSPS) is 14.4. The molecular weight excluding hydrogens is 234 g/mol. The summed E-state index contributed by atoms with van der Waals surface area (Å²) < 4.78 is 0. The Morgan fingerprint density at radius 1 is 1.24 bits per heavy atom. The monoisotopic (exact) mass is 253 g/mol. The molecule has 0 aliphatic rings. The number of halogens is 1. The summed E-state index contributed by atoms with van der Waals surface area (Å²) in [7, 11) is 0. The smallest absolute Gasteiger partial charge is 0.165 e. The molecule has 0 bridgehead atoms. The van der Waals surface area contributed by atoms with E-state index >= 15 is 0 Å². The van der Waals surface area contributed by atoms with Crippen LogP contribution in [0.15, 0.2) is 24.3 Å². The molecular formula is C14H20ClNO. The highest BCUT2D eigenvalue weighted by Gasteiger charge is 2.14. The van der Waals surface area contributed by atoms with E-state index in [4.69, 9.17) is 17.3 Å². The fraction of sp³-hybridized carbons (Fsp3) is 0.500. The number of benzene rings is 1. The maximum absolute atomic E-state index is 12.1. The molecule has 0 aliphatic heterocycles. The molecule has 0 fully saturated rings. The average Bonchev–Trinajstić information content (AvgIpc) is 2.28. The molecule has 0 saturated heterocycles. The molecule has 0 amide bonds. The molecule has 0 aromatic heterocycles. The number of hydrogen-bond donors (Lipinski definition) is 1. The molecule has 2 unspecified atom stereocenters. The second-order valence-corrected chi connectivity index (χ2v) is 5.12. The first-order chi connectivity index (χ1) is 8.00. The fourth-order valence-corrected chi connectivity index (χ4v) is 1.90. The van der Waals surface area contributed by atoms with E-state index in [1.807, 2.05) is 13.8 Å². The number of ketones is 1. The largest absolute Gasteiger partial charge is 0.328 e. The van der Waals surface area contributed by atoms with Gasteiger partial charge in [0.2, 0.25) is 0 Å². The van der Waals surface area contributed by atoms with Gasteiger partial charge in [0.1, 0.15) is 0 Å². The van der Waals surface area contributed by atoms with Crippen LogP contribution in [0.25, 0.3) is 0 Å². The minimum absolute atomic E-state index is 0.0509. The van der Waals surface area contributed by atoms with Gasteiger partial charge in [0.25, 0.3) is 0 Å². The second kappa shape index (κ2) is 6.77. The predicted molar refractivity (Wildman–Crippen MR) is 72.4 cm³/mol. The van der Waals surface area contributed by atoms with E-state index in [1.54, 1.807) is 24.3 Å². The molecule has 17 heavy (non-hydrogen) atoms. The molecule has 94 valence electrons. The van der Waals surface area contributed by atoms with E-state index < -0.39 is 0 Å². The lowest BCUT2D eigenvalue weighted by molar-refractivity contribution is 0.0922. The molecule has 0 aliphatic carbocycles. The predicted octanol–water partition coefficient (Wildman–Crippen LogP) is 3.68. The van der Waals surface area contributed by atoms with Gasteiger partial charge in [-0.3, -0.25) is 4.79 Å². The third-order valence-electron chi connectivity index (χ3n) is 2.87. The number of nitrogens with two attached hydrogens (primary N) is 1. The lowest BCUT2D eigenvalue weighted by Crippen LogP contribution is -2.16. The minimum Gasteiger partial charge on any atom is -0.328 e. The highest BCUT2D eigenvalue weighted by atomic mass is 35.5. The summed E-state index contributed by atoms with van der Waals surface area (Å²) in [5.74, 6) is 0.237. The van der Waals surface area contributed by atoms with E-state index in [9.17, 15) is 4.79 Å². The van der Waals surface area contributed by atoms with Crippen LogP contribution in [0.2, 0.25) is 5.02 Å². The van der Waals surface area contributed by atoms with E-state index in [0.29, 0.717) is 5.02 Å². The molecule has 1 aromatic carbocycles. The standard InChI is InChI=1S/C14H20ClNO/c1-10(4-3-5-11(2)16)14(17)12-6-8-13(15)9-7-12/h6-11H,3-5,16H2,1-2H3. The van der Waals surface area contributed by atoms with Crippen molar-refractivity contribution in [3.8, 4) is 0 Å². The Labute approximate surface area is 108 Å².